The van der Waals surface area contributed by atoms with Gasteiger partial charge in [0.25, 0.3) is 0 Å². The van der Waals surface area contributed by atoms with Crippen LogP contribution in [-0.2, 0) is 0 Å². The van der Waals surface area contributed by atoms with E-state index in [1.807, 2.05) is 30.3 Å². The monoisotopic (exact) mass is 253 g/mol. The van der Waals surface area contributed by atoms with Crippen LogP contribution in [0.1, 0.15) is 18.9 Å². The van der Waals surface area contributed by atoms with E-state index in [9.17, 15) is 5.11 Å². The van der Waals surface area contributed by atoms with E-state index >= 15 is 0 Å². The van der Waals surface area contributed by atoms with Crippen molar-refractivity contribution in [1.29, 1.82) is 5.26 Å². The quantitative estimate of drug-likeness (QED) is 0.903. The summed E-state index contributed by atoms with van der Waals surface area (Å²) in [5.74, 6) is 0.846. The fraction of sp³-hybridized carbons (Fsp3) is 0.188. The molecule has 1 N–H and O–H groups in total. The minimum atomic E-state index is 0.00847. The first-order valence-electron chi connectivity index (χ1n) is 6.21. The number of phenolic OH excluding ortho intramolecular Hbond substituents is 1. The van der Waals surface area contributed by atoms with E-state index in [2.05, 4.69) is 6.92 Å². The van der Waals surface area contributed by atoms with E-state index in [0.717, 1.165) is 23.3 Å². The summed E-state index contributed by atoms with van der Waals surface area (Å²) in [5.41, 5.74) is 2.17. The molecule has 2 aromatic carbocycles. The summed E-state index contributed by atoms with van der Waals surface area (Å²) < 4.78 is 5.52. The van der Waals surface area contributed by atoms with Crippen molar-refractivity contribution in [3.8, 4) is 28.7 Å². The van der Waals surface area contributed by atoms with Crippen LogP contribution in [0.25, 0.3) is 11.1 Å². The maximum absolute atomic E-state index is 9.48. The Labute approximate surface area is 112 Å². The molecule has 0 atom stereocenters. The van der Waals surface area contributed by atoms with Gasteiger partial charge in [-0.2, -0.15) is 5.26 Å². The Morgan fingerprint density at radius 2 is 1.79 bits per heavy atom. The minimum absolute atomic E-state index is 0.00847. The van der Waals surface area contributed by atoms with Crippen molar-refractivity contribution in [3.63, 3.8) is 0 Å². The van der Waals surface area contributed by atoms with Crippen molar-refractivity contribution in [2.45, 2.75) is 13.3 Å². The van der Waals surface area contributed by atoms with Gasteiger partial charge < -0.3 is 9.84 Å². The van der Waals surface area contributed by atoms with Crippen LogP contribution in [-0.4, -0.2) is 11.7 Å². The predicted octanol–water partition coefficient (Wildman–Crippen LogP) is 3.72. The number of nitriles is 1. The minimum Gasteiger partial charge on any atom is -0.507 e. The highest BCUT2D eigenvalue weighted by Crippen LogP contribution is 2.26. The average molecular weight is 253 g/mol. The lowest BCUT2D eigenvalue weighted by molar-refractivity contribution is 0.317. The number of hydrogen-bond donors (Lipinski definition) is 1. The van der Waals surface area contributed by atoms with Gasteiger partial charge in [0.15, 0.2) is 0 Å². The zero-order valence-electron chi connectivity index (χ0n) is 10.8. The lowest BCUT2D eigenvalue weighted by Crippen LogP contribution is -1.94. The molecule has 0 fully saturated rings. The van der Waals surface area contributed by atoms with Crippen molar-refractivity contribution in [1.82, 2.24) is 0 Å². The molecule has 0 aromatic heterocycles. The van der Waals surface area contributed by atoms with Crippen molar-refractivity contribution < 1.29 is 9.84 Å². The second-order valence-electron chi connectivity index (χ2n) is 4.22. The molecule has 0 saturated heterocycles. The van der Waals surface area contributed by atoms with E-state index in [4.69, 9.17) is 10.00 Å². The molecule has 0 radical (unpaired) electrons. The van der Waals surface area contributed by atoms with Crippen LogP contribution in [0.5, 0.6) is 11.5 Å². The second-order valence-corrected chi connectivity index (χ2v) is 4.22. The van der Waals surface area contributed by atoms with Crippen LogP contribution in [0.15, 0.2) is 42.5 Å². The van der Waals surface area contributed by atoms with Crippen LogP contribution < -0.4 is 4.74 Å². The topological polar surface area (TPSA) is 53.2 Å². The Hall–Kier alpha value is -2.47. The Bertz CT molecular complexity index is 597. The molecule has 0 unspecified atom stereocenters. The van der Waals surface area contributed by atoms with E-state index in [-0.39, 0.29) is 11.3 Å². The third kappa shape index (κ3) is 3.05. The van der Waals surface area contributed by atoms with Crippen LogP contribution in [0.4, 0.5) is 0 Å². The van der Waals surface area contributed by atoms with Gasteiger partial charge >= 0.3 is 0 Å². The molecule has 3 nitrogen and oxygen atoms in total. The number of aromatic hydroxyl groups is 1. The summed E-state index contributed by atoms with van der Waals surface area (Å²) in [7, 11) is 0. The highest BCUT2D eigenvalue weighted by Gasteiger charge is 2.04. The zero-order valence-corrected chi connectivity index (χ0v) is 10.8. The first-order valence-corrected chi connectivity index (χ1v) is 6.21. The smallest absolute Gasteiger partial charge is 0.133 e. The molecule has 0 spiro atoms. The van der Waals surface area contributed by atoms with Gasteiger partial charge in [0.1, 0.15) is 17.6 Å². The second kappa shape index (κ2) is 5.92. The SMILES string of the molecule is CCCOc1ccc(-c2ccc(O)c(C#N)c2)cc1. The summed E-state index contributed by atoms with van der Waals surface area (Å²) in [6, 6.07) is 14.7. The molecule has 3 heteroatoms. The number of hydrogen-bond acceptors (Lipinski definition) is 3. The standard InChI is InChI=1S/C16H15NO2/c1-2-9-19-15-6-3-12(4-7-15)13-5-8-16(18)14(10-13)11-17/h3-8,10,18H,2,9H2,1H3. The highest BCUT2D eigenvalue weighted by molar-refractivity contribution is 5.67. The fourth-order valence-corrected chi connectivity index (χ4v) is 1.77. The fourth-order valence-electron chi connectivity index (χ4n) is 1.77. The molecule has 0 aliphatic rings. The normalized spacial score (nSPS) is 9.89. The molecule has 0 saturated carbocycles. The lowest BCUT2D eigenvalue weighted by atomic mass is 10.0. The Morgan fingerprint density at radius 1 is 1.11 bits per heavy atom. The molecule has 0 aliphatic heterocycles. The van der Waals surface area contributed by atoms with Crippen molar-refractivity contribution >= 4 is 0 Å². The lowest BCUT2D eigenvalue weighted by Gasteiger charge is -2.07. The van der Waals surface area contributed by atoms with Crippen LogP contribution in [0.2, 0.25) is 0 Å². The predicted molar refractivity (Wildman–Crippen MR) is 74.0 cm³/mol. The maximum atomic E-state index is 9.48. The van der Waals surface area contributed by atoms with Crippen molar-refractivity contribution in [2.24, 2.45) is 0 Å². The third-order valence-electron chi connectivity index (χ3n) is 2.78. The van der Waals surface area contributed by atoms with Crippen molar-refractivity contribution in [3.05, 3.63) is 48.0 Å². The van der Waals surface area contributed by atoms with E-state index < -0.39 is 0 Å². The summed E-state index contributed by atoms with van der Waals surface area (Å²) in [5, 5.41) is 18.4. The van der Waals surface area contributed by atoms with Gasteiger partial charge in [-0.1, -0.05) is 25.1 Å². The number of benzene rings is 2. The van der Waals surface area contributed by atoms with E-state index in [0.29, 0.717) is 6.61 Å². The average Bonchev–Trinajstić information content (AvgIpc) is 2.46. The Morgan fingerprint density at radius 3 is 2.42 bits per heavy atom. The molecule has 96 valence electrons. The largest absolute Gasteiger partial charge is 0.507 e. The Kier molecular flexibility index (Phi) is 4.04. The van der Waals surface area contributed by atoms with E-state index in [1.54, 1.807) is 12.1 Å². The van der Waals surface area contributed by atoms with Gasteiger partial charge in [0.05, 0.1) is 12.2 Å². The molecule has 0 heterocycles. The molecule has 19 heavy (non-hydrogen) atoms. The van der Waals surface area contributed by atoms with Crippen LogP contribution in [0, 0.1) is 11.3 Å². The first-order chi connectivity index (χ1) is 9.24. The van der Waals surface area contributed by atoms with Gasteiger partial charge in [-0.05, 0) is 41.8 Å². The number of phenols is 1. The van der Waals surface area contributed by atoms with E-state index in [1.165, 1.54) is 6.07 Å². The van der Waals surface area contributed by atoms with Crippen LogP contribution >= 0.6 is 0 Å². The molecule has 2 rings (SSSR count). The Balaban J connectivity index is 2.25. The molecular weight excluding hydrogens is 238 g/mol. The summed E-state index contributed by atoms with van der Waals surface area (Å²) >= 11 is 0. The number of nitrogens with zero attached hydrogens (tertiary/aromatic N) is 1. The maximum Gasteiger partial charge on any atom is 0.133 e. The summed E-state index contributed by atoms with van der Waals surface area (Å²) in [6.07, 6.45) is 0.977. The third-order valence-corrected chi connectivity index (χ3v) is 2.78. The molecule has 0 aliphatic carbocycles. The van der Waals surface area contributed by atoms with Crippen molar-refractivity contribution in [2.75, 3.05) is 6.61 Å². The van der Waals surface area contributed by atoms with Crippen LogP contribution in [0.3, 0.4) is 0 Å². The molecule has 2 aromatic rings. The zero-order chi connectivity index (χ0) is 13.7. The van der Waals surface area contributed by atoms with Gasteiger partial charge in [-0.15, -0.1) is 0 Å². The van der Waals surface area contributed by atoms with Gasteiger partial charge in [0.2, 0.25) is 0 Å². The summed E-state index contributed by atoms with van der Waals surface area (Å²) in [6.45, 7) is 2.77. The van der Waals surface area contributed by atoms with Gasteiger partial charge in [-0.25, -0.2) is 0 Å². The molecule has 0 bridgehead atoms. The number of ether oxygens (including phenoxy) is 1. The molecular formula is C16H15NO2. The van der Waals surface area contributed by atoms with Gasteiger partial charge in [-0.3, -0.25) is 0 Å². The molecule has 0 amide bonds. The highest BCUT2D eigenvalue weighted by atomic mass is 16.5. The van der Waals surface area contributed by atoms with Gasteiger partial charge in [0, 0.05) is 0 Å². The summed E-state index contributed by atoms with van der Waals surface area (Å²) in [4.78, 5) is 0. The number of rotatable bonds is 4. The first kappa shape index (κ1) is 13.0.